The van der Waals surface area contributed by atoms with Crippen LogP contribution in [0.15, 0.2) is 0 Å². The van der Waals surface area contributed by atoms with Crippen molar-refractivity contribution in [2.24, 2.45) is 0 Å². The zero-order chi connectivity index (χ0) is 17.3. The van der Waals surface area contributed by atoms with Gasteiger partial charge in [-0.05, 0) is 0 Å². The molecule has 10 atom stereocenters. The van der Waals surface area contributed by atoms with E-state index in [0.29, 0.717) is 0 Å². The first-order chi connectivity index (χ1) is 10.8. The molecule has 0 unspecified atom stereocenters. The summed E-state index contributed by atoms with van der Waals surface area (Å²) < 4.78 is 15.3. The highest BCUT2D eigenvalue weighted by molar-refractivity contribution is 4.93. The molecular weight excluding hydrogens is 320 g/mol. The van der Waals surface area contributed by atoms with Gasteiger partial charge in [-0.15, -0.1) is 0 Å². The summed E-state index contributed by atoms with van der Waals surface area (Å²) in [5.74, 6) is 0. The van der Waals surface area contributed by atoms with Gasteiger partial charge in [-0.25, -0.2) is 0 Å². The summed E-state index contributed by atoms with van der Waals surface area (Å²) in [4.78, 5) is 0. The van der Waals surface area contributed by atoms with Crippen LogP contribution >= 0.6 is 0 Å². The van der Waals surface area contributed by atoms with E-state index in [4.69, 9.17) is 19.3 Å². The number of aliphatic hydroxyl groups is 8. The van der Waals surface area contributed by atoms with Crippen molar-refractivity contribution in [3.63, 3.8) is 0 Å². The third-order valence-electron chi connectivity index (χ3n) is 3.98. The standard InChI is InChI=1S/C12H22O11/c13-1-3-5(15)6(16)9(19)12(22-3)23-10-4(2-14)21-11(20)8(18)7(10)17/h3-20H,1-2H2/t3-,4-,5-,6+,7-,8+,9-,10-,11+,12+/m0/s1. The molecule has 0 aromatic rings. The predicted octanol–water partition coefficient (Wildman–Crippen LogP) is -5.40. The fourth-order valence-corrected chi connectivity index (χ4v) is 2.57. The summed E-state index contributed by atoms with van der Waals surface area (Å²) in [5, 5.41) is 76.5. The Morgan fingerprint density at radius 3 is 1.83 bits per heavy atom. The molecule has 0 aromatic carbocycles. The lowest BCUT2D eigenvalue weighted by Gasteiger charge is -2.45. The van der Waals surface area contributed by atoms with Crippen LogP contribution in [0, 0.1) is 0 Å². The van der Waals surface area contributed by atoms with E-state index in [-0.39, 0.29) is 0 Å². The highest BCUT2D eigenvalue weighted by Gasteiger charge is 2.50. The molecule has 0 aromatic heterocycles. The largest absolute Gasteiger partial charge is 0.394 e. The van der Waals surface area contributed by atoms with Gasteiger partial charge < -0.3 is 55.1 Å². The molecule has 0 aliphatic carbocycles. The molecule has 2 heterocycles. The number of rotatable bonds is 4. The summed E-state index contributed by atoms with van der Waals surface area (Å²) >= 11 is 0. The van der Waals surface area contributed by atoms with Crippen molar-refractivity contribution in [2.45, 2.75) is 61.4 Å². The molecule has 0 bridgehead atoms. The average molecular weight is 342 g/mol. The van der Waals surface area contributed by atoms with Crippen LogP contribution in [-0.4, -0.2) is 115 Å². The minimum atomic E-state index is -1.74. The molecule has 136 valence electrons. The second-order valence-corrected chi connectivity index (χ2v) is 5.53. The first-order valence-electron chi connectivity index (χ1n) is 7.08. The van der Waals surface area contributed by atoms with Crippen molar-refractivity contribution >= 4 is 0 Å². The van der Waals surface area contributed by atoms with Crippen molar-refractivity contribution in [1.82, 2.24) is 0 Å². The first-order valence-corrected chi connectivity index (χ1v) is 7.08. The second kappa shape index (κ2) is 7.63. The molecule has 11 nitrogen and oxygen atoms in total. The third kappa shape index (κ3) is 3.65. The Morgan fingerprint density at radius 2 is 1.26 bits per heavy atom. The average Bonchev–Trinajstić information content (AvgIpc) is 2.55. The van der Waals surface area contributed by atoms with Crippen molar-refractivity contribution in [1.29, 1.82) is 0 Å². The lowest BCUT2D eigenvalue weighted by atomic mass is 9.97. The number of ether oxygens (including phenoxy) is 3. The molecular formula is C12H22O11. The first kappa shape index (κ1) is 18.9. The minimum absolute atomic E-state index is 0.667. The number of hydrogen-bond donors (Lipinski definition) is 8. The Kier molecular flexibility index (Phi) is 6.27. The van der Waals surface area contributed by atoms with Gasteiger partial charge in [0.25, 0.3) is 0 Å². The van der Waals surface area contributed by atoms with Crippen molar-refractivity contribution in [3.8, 4) is 0 Å². The maximum atomic E-state index is 9.94. The molecule has 2 aliphatic rings. The maximum absolute atomic E-state index is 9.94. The van der Waals surface area contributed by atoms with Crippen LogP contribution in [0.5, 0.6) is 0 Å². The second-order valence-electron chi connectivity index (χ2n) is 5.53. The Hall–Kier alpha value is -0.440. The molecule has 0 radical (unpaired) electrons. The van der Waals surface area contributed by atoms with Crippen LogP contribution in [0.3, 0.4) is 0 Å². The van der Waals surface area contributed by atoms with Gasteiger partial charge in [0.05, 0.1) is 13.2 Å². The van der Waals surface area contributed by atoms with E-state index in [2.05, 4.69) is 0 Å². The molecule has 0 amide bonds. The highest BCUT2D eigenvalue weighted by atomic mass is 16.7. The van der Waals surface area contributed by atoms with E-state index >= 15 is 0 Å². The number of aliphatic hydroxyl groups excluding tert-OH is 8. The van der Waals surface area contributed by atoms with Crippen molar-refractivity contribution in [2.75, 3.05) is 13.2 Å². The summed E-state index contributed by atoms with van der Waals surface area (Å²) in [7, 11) is 0. The van der Waals surface area contributed by atoms with Gasteiger partial charge in [0, 0.05) is 0 Å². The van der Waals surface area contributed by atoms with E-state index in [1.54, 1.807) is 0 Å². The Bertz CT molecular complexity index is 378. The van der Waals surface area contributed by atoms with Gasteiger partial charge in [-0.2, -0.15) is 0 Å². The van der Waals surface area contributed by atoms with Crippen LogP contribution < -0.4 is 0 Å². The normalized spacial score (nSPS) is 51.7. The molecule has 8 N–H and O–H groups in total. The lowest BCUT2D eigenvalue weighted by Crippen LogP contribution is -2.64. The SMILES string of the molecule is OC[C@@H]1O[C@H](O[C@@H]2[C@@H](O)[C@@H](O)[C@H](O)O[C@H]2CO)[C@@H](O)[C@H](O)[C@H]1O. The molecule has 11 heteroatoms. The molecule has 2 saturated heterocycles. The van der Waals surface area contributed by atoms with E-state index < -0.39 is 74.6 Å². The minimum Gasteiger partial charge on any atom is -0.394 e. The quantitative estimate of drug-likeness (QED) is 0.243. The summed E-state index contributed by atoms with van der Waals surface area (Å²) in [5.41, 5.74) is 0. The van der Waals surface area contributed by atoms with Crippen LogP contribution in [0.1, 0.15) is 0 Å². The Labute approximate surface area is 130 Å². The van der Waals surface area contributed by atoms with Crippen molar-refractivity contribution in [3.05, 3.63) is 0 Å². The molecule has 2 rings (SSSR count). The lowest BCUT2D eigenvalue weighted by molar-refractivity contribution is -0.355. The smallest absolute Gasteiger partial charge is 0.187 e. The fourth-order valence-electron chi connectivity index (χ4n) is 2.57. The molecule has 2 fully saturated rings. The van der Waals surface area contributed by atoms with Crippen LogP contribution in [0.4, 0.5) is 0 Å². The van der Waals surface area contributed by atoms with E-state index in [0.717, 1.165) is 0 Å². The Morgan fingerprint density at radius 1 is 0.652 bits per heavy atom. The van der Waals surface area contributed by atoms with Gasteiger partial charge in [0.1, 0.15) is 48.8 Å². The molecule has 23 heavy (non-hydrogen) atoms. The fraction of sp³-hybridized carbons (Fsp3) is 1.00. The molecule has 2 aliphatic heterocycles. The van der Waals surface area contributed by atoms with E-state index in [9.17, 15) is 35.7 Å². The predicted molar refractivity (Wildman–Crippen MR) is 68.6 cm³/mol. The third-order valence-corrected chi connectivity index (χ3v) is 3.98. The maximum Gasteiger partial charge on any atom is 0.187 e. The zero-order valence-electron chi connectivity index (χ0n) is 12.0. The summed E-state index contributed by atoms with van der Waals surface area (Å²) in [6.07, 6.45) is -15.6. The van der Waals surface area contributed by atoms with E-state index in [1.165, 1.54) is 0 Å². The van der Waals surface area contributed by atoms with Crippen molar-refractivity contribution < 1.29 is 55.1 Å². The Balaban J connectivity index is 2.11. The van der Waals surface area contributed by atoms with E-state index in [1.807, 2.05) is 0 Å². The van der Waals surface area contributed by atoms with Crippen LogP contribution in [0.2, 0.25) is 0 Å². The van der Waals surface area contributed by atoms with Crippen LogP contribution in [-0.2, 0) is 14.2 Å². The summed E-state index contributed by atoms with van der Waals surface area (Å²) in [6.45, 7) is -1.35. The van der Waals surface area contributed by atoms with Gasteiger partial charge in [-0.1, -0.05) is 0 Å². The topological polar surface area (TPSA) is 190 Å². The van der Waals surface area contributed by atoms with Crippen LogP contribution in [0.25, 0.3) is 0 Å². The number of hydrogen-bond acceptors (Lipinski definition) is 11. The van der Waals surface area contributed by atoms with Gasteiger partial charge in [0.15, 0.2) is 12.6 Å². The molecule has 0 spiro atoms. The zero-order valence-corrected chi connectivity index (χ0v) is 12.0. The van der Waals surface area contributed by atoms with Gasteiger partial charge in [-0.3, -0.25) is 0 Å². The van der Waals surface area contributed by atoms with Gasteiger partial charge in [0.2, 0.25) is 0 Å². The summed E-state index contributed by atoms with van der Waals surface area (Å²) in [6, 6.07) is 0. The molecule has 0 saturated carbocycles. The monoisotopic (exact) mass is 342 g/mol. The van der Waals surface area contributed by atoms with Gasteiger partial charge >= 0.3 is 0 Å². The highest BCUT2D eigenvalue weighted by Crippen LogP contribution is 2.28.